The van der Waals surface area contributed by atoms with Crippen molar-refractivity contribution in [2.45, 2.75) is 13.0 Å². The number of hydrogen-bond donors (Lipinski definition) is 0. The minimum atomic E-state index is -0.0805. The van der Waals surface area contributed by atoms with Gasteiger partial charge in [0.2, 0.25) is 5.91 Å². The Morgan fingerprint density at radius 2 is 2.43 bits per heavy atom. The van der Waals surface area contributed by atoms with Crippen LogP contribution in [-0.2, 0) is 11.8 Å². The van der Waals surface area contributed by atoms with Crippen molar-refractivity contribution in [1.29, 1.82) is 0 Å². The normalized spacial score (nSPS) is 12.6. The van der Waals surface area contributed by atoms with Crippen LogP contribution in [0.25, 0.3) is 0 Å². The van der Waals surface area contributed by atoms with Crippen LogP contribution in [0.1, 0.15) is 18.5 Å². The lowest BCUT2D eigenvalue weighted by atomic mass is 10.2. The molecule has 0 N–H and O–H groups in total. The van der Waals surface area contributed by atoms with E-state index in [2.05, 4.69) is 5.10 Å². The van der Waals surface area contributed by atoms with Gasteiger partial charge < -0.3 is 4.90 Å². The van der Waals surface area contributed by atoms with Gasteiger partial charge in [0.05, 0.1) is 12.2 Å². The lowest BCUT2D eigenvalue weighted by molar-refractivity contribution is -0.129. The zero-order valence-electron chi connectivity index (χ0n) is 8.57. The third-order valence-electron chi connectivity index (χ3n) is 2.30. The first-order valence-corrected chi connectivity index (χ1v) is 4.90. The maximum atomic E-state index is 11.3. The van der Waals surface area contributed by atoms with Gasteiger partial charge in [-0.15, -0.1) is 11.6 Å². The first-order chi connectivity index (χ1) is 6.56. The molecule has 0 saturated heterocycles. The molecule has 0 fully saturated rings. The molecule has 1 heterocycles. The largest absolute Gasteiger partial charge is 0.338 e. The summed E-state index contributed by atoms with van der Waals surface area (Å²) in [6.07, 6.45) is 3.64. The van der Waals surface area contributed by atoms with Gasteiger partial charge in [-0.3, -0.25) is 9.48 Å². The van der Waals surface area contributed by atoms with Crippen LogP contribution in [0.3, 0.4) is 0 Å². The van der Waals surface area contributed by atoms with Crippen molar-refractivity contribution in [3.63, 3.8) is 0 Å². The average molecular weight is 216 g/mol. The second-order valence-corrected chi connectivity index (χ2v) is 3.53. The van der Waals surface area contributed by atoms with E-state index < -0.39 is 0 Å². The Morgan fingerprint density at radius 1 is 1.79 bits per heavy atom. The highest BCUT2D eigenvalue weighted by Gasteiger charge is 2.17. The number of aromatic nitrogens is 2. The van der Waals surface area contributed by atoms with Crippen LogP contribution < -0.4 is 0 Å². The number of nitrogens with zero attached hydrogens (tertiary/aromatic N) is 3. The lowest BCUT2D eigenvalue weighted by Gasteiger charge is -2.22. The molecule has 0 aromatic carbocycles. The lowest BCUT2D eigenvalue weighted by Crippen LogP contribution is -2.30. The van der Waals surface area contributed by atoms with E-state index >= 15 is 0 Å². The Morgan fingerprint density at radius 3 is 2.86 bits per heavy atom. The highest BCUT2D eigenvalue weighted by molar-refractivity contribution is 6.27. The van der Waals surface area contributed by atoms with Gasteiger partial charge in [-0.05, 0) is 6.92 Å². The van der Waals surface area contributed by atoms with Crippen LogP contribution >= 0.6 is 11.6 Å². The van der Waals surface area contributed by atoms with Crippen molar-refractivity contribution in [1.82, 2.24) is 14.7 Å². The van der Waals surface area contributed by atoms with E-state index in [4.69, 9.17) is 11.6 Å². The molecule has 1 rings (SSSR count). The van der Waals surface area contributed by atoms with Gasteiger partial charge in [-0.1, -0.05) is 0 Å². The number of rotatable bonds is 3. The Labute approximate surface area is 88.5 Å². The van der Waals surface area contributed by atoms with Crippen LogP contribution in [0.15, 0.2) is 12.4 Å². The minimum absolute atomic E-state index is 0.00921. The summed E-state index contributed by atoms with van der Waals surface area (Å²) >= 11 is 5.47. The molecule has 78 valence electrons. The van der Waals surface area contributed by atoms with Gasteiger partial charge in [-0.2, -0.15) is 5.10 Å². The Balaban J connectivity index is 2.74. The maximum absolute atomic E-state index is 11.3. The van der Waals surface area contributed by atoms with E-state index in [1.165, 1.54) is 0 Å². The Kier molecular flexibility index (Phi) is 3.52. The molecule has 5 heteroatoms. The van der Waals surface area contributed by atoms with Crippen molar-refractivity contribution in [3.8, 4) is 0 Å². The van der Waals surface area contributed by atoms with Crippen LogP contribution in [0.4, 0.5) is 0 Å². The Bertz CT molecular complexity index is 324. The van der Waals surface area contributed by atoms with Crippen LogP contribution in [0.5, 0.6) is 0 Å². The number of carbonyl (C=O) groups excluding carboxylic acids is 1. The molecule has 0 saturated carbocycles. The van der Waals surface area contributed by atoms with E-state index in [-0.39, 0.29) is 17.8 Å². The van der Waals surface area contributed by atoms with Crippen molar-refractivity contribution in [2.24, 2.45) is 7.05 Å². The maximum Gasteiger partial charge on any atom is 0.237 e. The molecule has 1 aromatic rings. The fourth-order valence-electron chi connectivity index (χ4n) is 1.19. The summed E-state index contributed by atoms with van der Waals surface area (Å²) in [6, 6.07) is 0.00921. The van der Waals surface area contributed by atoms with Crippen LogP contribution in [0.2, 0.25) is 0 Å². The van der Waals surface area contributed by atoms with E-state index in [9.17, 15) is 4.79 Å². The van der Waals surface area contributed by atoms with Crippen molar-refractivity contribution >= 4 is 17.5 Å². The summed E-state index contributed by atoms with van der Waals surface area (Å²) in [6.45, 7) is 1.95. The van der Waals surface area contributed by atoms with Gasteiger partial charge in [0.1, 0.15) is 5.88 Å². The molecule has 0 spiro atoms. The molecule has 4 nitrogen and oxygen atoms in total. The molecular formula is C9H14ClN3O. The van der Waals surface area contributed by atoms with E-state index in [0.29, 0.717) is 0 Å². The van der Waals surface area contributed by atoms with Crippen LogP contribution in [0, 0.1) is 0 Å². The number of alkyl halides is 1. The fourth-order valence-corrected chi connectivity index (χ4v) is 1.38. The topological polar surface area (TPSA) is 38.1 Å². The monoisotopic (exact) mass is 215 g/mol. The van der Waals surface area contributed by atoms with E-state index in [1.807, 2.05) is 20.2 Å². The summed E-state index contributed by atoms with van der Waals surface area (Å²) in [5.74, 6) is -0.0656. The van der Waals surface area contributed by atoms with Crippen molar-refractivity contribution in [3.05, 3.63) is 18.0 Å². The molecule has 0 radical (unpaired) electrons. The van der Waals surface area contributed by atoms with E-state index in [0.717, 1.165) is 5.56 Å². The van der Waals surface area contributed by atoms with Gasteiger partial charge in [0.25, 0.3) is 0 Å². The van der Waals surface area contributed by atoms with Crippen molar-refractivity contribution in [2.75, 3.05) is 12.9 Å². The molecule has 1 amide bonds. The average Bonchev–Trinajstić information content (AvgIpc) is 2.61. The molecule has 1 atom stereocenters. The first-order valence-electron chi connectivity index (χ1n) is 4.36. The number of hydrogen-bond acceptors (Lipinski definition) is 2. The number of carbonyl (C=O) groups is 1. The SMILES string of the molecule is CC(c1cnn(C)c1)N(C)C(=O)CCl. The highest BCUT2D eigenvalue weighted by atomic mass is 35.5. The predicted octanol–water partition coefficient (Wildman–Crippen LogP) is 1.18. The van der Waals surface area contributed by atoms with Crippen molar-refractivity contribution < 1.29 is 4.79 Å². The van der Waals surface area contributed by atoms with Gasteiger partial charge in [-0.25, -0.2) is 0 Å². The number of amides is 1. The molecule has 0 bridgehead atoms. The molecule has 1 unspecified atom stereocenters. The quantitative estimate of drug-likeness (QED) is 0.711. The van der Waals surface area contributed by atoms with Gasteiger partial charge in [0.15, 0.2) is 0 Å². The second kappa shape index (κ2) is 4.46. The fraction of sp³-hybridized carbons (Fsp3) is 0.556. The molecule has 0 aliphatic heterocycles. The molecule has 1 aromatic heterocycles. The summed E-state index contributed by atoms with van der Waals surface area (Å²) in [5, 5.41) is 4.05. The molecule has 14 heavy (non-hydrogen) atoms. The Hall–Kier alpha value is -1.03. The minimum Gasteiger partial charge on any atom is -0.338 e. The molecule has 0 aliphatic rings. The summed E-state index contributed by atoms with van der Waals surface area (Å²) in [5.41, 5.74) is 1.01. The zero-order chi connectivity index (χ0) is 10.7. The van der Waals surface area contributed by atoms with Gasteiger partial charge >= 0.3 is 0 Å². The van der Waals surface area contributed by atoms with E-state index in [1.54, 1.807) is 22.8 Å². The zero-order valence-corrected chi connectivity index (χ0v) is 9.32. The second-order valence-electron chi connectivity index (χ2n) is 3.26. The summed E-state index contributed by atoms with van der Waals surface area (Å²) in [4.78, 5) is 12.9. The number of halogens is 1. The molecule has 0 aliphatic carbocycles. The standard InChI is InChI=1S/C9H14ClN3O/c1-7(13(3)9(14)4-10)8-5-11-12(2)6-8/h5-7H,4H2,1-3H3. The summed E-state index contributed by atoms with van der Waals surface area (Å²) in [7, 11) is 3.59. The van der Waals surface area contributed by atoms with Gasteiger partial charge in [0, 0.05) is 25.9 Å². The number of aryl methyl sites for hydroxylation is 1. The smallest absolute Gasteiger partial charge is 0.237 e. The summed E-state index contributed by atoms with van der Waals surface area (Å²) < 4.78 is 1.71. The molecular weight excluding hydrogens is 202 g/mol. The predicted molar refractivity (Wildman–Crippen MR) is 55.1 cm³/mol. The first kappa shape index (κ1) is 11.0. The highest BCUT2D eigenvalue weighted by Crippen LogP contribution is 2.17. The van der Waals surface area contributed by atoms with Crippen LogP contribution in [-0.4, -0.2) is 33.5 Å². The third-order valence-corrected chi connectivity index (χ3v) is 2.52. The third kappa shape index (κ3) is 2.26.